The molecule has 2 rings (SSSR count). The van der Waals surface area contributed by atoms with Crippen LogP contribution in [0.1, 0.15) is 41.7 Å². The van der Waals surface area contributed by atoms with Gasteiger partial charge in [-0.05, 0) is 43.4 Å². The zero-order chi connectivity index (χ0) is 11.7. The van der Waals surface area contributed by atoms with Crippen LogP contribution in [0.4, 0.5) is 0 Å². The molecule has 16 heavy (non-hydrogen) atoms. The third-order valence-electron chi connectivity index (χ3n) is 3.59. The molecule has 3 heteroatoms. The Balaban J connectivity index is 2.16. The molecule has 1 aromatic rings. The van der Waals surface area contributed by atoms with Crippen LogP contribution in [0.5, 0.6) is 0 Å². The first-order valence-electron chi connectivity index (χ1n) is 6.13. The van der Waals surface area contributed by atoms with Gasteiger partial charge in [-0.2, -0.15) is 0 Å². The molecule has 0 saturated carbocycles. The van der Waals surface area contributed by atoms with Crippen LogP contribution < -0.4 is 5.73 Å². The lowest BCUT2D eigenvalue weighted by Gasteiger charge is -2.24. The zero-order valence-electron chi connectivity index (χ0n) is 10.1. The van der Waals surface area contributed by atoms with Crippen molar-refractivity contribution in [1.29, 1.82) is 0 Å². The molecule has 0 aromatic carbocycles. The second-order valence-electron chi connectivity index (χ2n) is 5.04. The summed E-state index contributed by atoms with van der Waals surface area (Å²) in [7, 11) is 0. The minimum absolute atomic E-state index is 0.179. The maximum absolute atomic E-state index is 10.3. The molecule has 2 nitrogen and oxygen atoms in total. The lowest BCUT2D eigenvalue weighted by atomic mass is 9.89. The summed E-state index contributed by atoms with van der Waals surface area (Å²) in [6.45, 7) is 4.81. The predicted octanol–water partition coefficient (Wildman–Crippen LogP) is 2.50. The highest BCUT2D eigenvalue weighted by Gasteiger charge is 2.26. The van der Waals surface area contributed by atoms with Crippen molar-refractivity contribution in [3.63, 3.8) is 0 Å². The highest BCUT2D eigenvalue weighted by Crippen LogP contribution is 2.37. The maximum Gasteiger partial charge on any atom is 0.0924 e. The Labute approximate surface area is 101 Å². The predicted molar refractivity (Wildman–Crippen MR) is 68.7 cm³/mol. The SMILES string of the molecule is CC(C)C(CN)C(O)c1cc2c(s1)CCC2. The van der Waals surface area contributed by atoms with Crippen LogP contribution in [0, 0.1) is 11.8 Å². The molecule has 0 aliphatic heterocycles. The monoisotopic (exact) mass is 239 g/mol. The van der Waals surface area contributed by atoms with Gasteiger partial charge in [0.15, 0.2) is 0 Å². The van der Waals surface area contributed by atoms with E-state index in [0.717, 1.165) is 4.88 Å². The number of aryl methyl sites for hydroxylation is 2. The molecule has 90 valence electrons. The Morgan fingerprint density at radius 2 is 2.19 bits per heavy atom. The van der Waals surface area contributed by atoms with E-state index in [1.54, 1.807) is 11.3 Å². The van der Waals surface area contributed by atoms with Crippen LogP contribution in [0.25, 0.3) is 0 Å². The van der Waals surface area contributed by atoms with Crippen molar-refractivity contribution in [2.45, 2.75) is 39.2 Å². The van der Waals surface area contributed by atoms with E-state index in [2.05, 4.69) is 19.9 Å². The van der Waals surface area contributed by atoms with Gasteiger partial charge in [0, 0.05) is 15.7 Å². The standard InChI is InChI=1S/C13H21NOS/c1-8(2)10(7-14)13(15)12-6-9-4-3-5-11(9)16-12/h6,8,10,13,15H,3-5,7,14H2,1-2H3. The molecule has 0 amide bonds. The molecule has 2 unspecified atom stereocenters. The van der Waals surface area contributed by atoms with E-state index in [9.17, 15) is 5.11 Å². The van der Waals surface area contributed by atoms with Gasteiger partial charge in [-0.1, -0.05) is 13.8 Å². The molecule has 0 bridgehead atoms. The fourth-order valence-electron chi connectivity index (χ4n) is 2.47. The first kappa shape index (κ1) is 12.1. The Morgan fingerprint density at radius 1 is 1.44 bits per heavy atom. The van der Waals surface area contributed by atoms with E-state index >= 15 is 0 Å². The number of thiophene rings is 1. The summed E-state index contributed by atoms with van der Waals surface area (Å²) in [5, 5.41) is 10.3. The summed E-state index contributed by atoms with van der Waals surface area (Å²) in [6.07, 6.45) is 3.29. The first-order valence-corrected chi connectivity index (χ1v) is 6.94. The molecule has 1 aliphatic rings. The third-order valence-corrected chi connectivity index (χ3v) is 4.90. The lowest BCUT2D eigenvalue weighted by Crippen LogP contribution is -2.26. The van der Waals surface area contributed by atoms with E-state index in [0.29, 0.717) is 12.5 Å². The molecule has 0 saturated heterocycles. The van der Waals surface area contributed by atoms with Gasteiger partial charge in [0.1, 0.15) is 0 Å². The number of fused-ring (bicyclic) bond motifs is 1. The molecular weight excluding hydrogens is 218 g/mol. The van der Waals surface area contributed by atoms with Crippen LogP contribution in [-0.4, -0.2) is 11.7 Å². The van der Waals surface area contributed by atoms with E-state index in [4.69, 9.17) is 5.73 Å². The van der Waals surface area contributed by atoms with Crippen LogP contribution in [0.15, 0.2) is 6.07 Å². The Hall–Kier alpha value is -0.380. The normalized spacial score (nSPS) is 18.8. The van der Waals surface area contributed by atoms with Crippen molar-refractivity contribution >= 4 is 11.3 Å². The minimum atomic E-state index is -0.374. The van der Waals surface area contributed by atoms with Crippen LogP contribution in [-0.2, 0) is 12.8 Å². The molecule has 0 fully saturated rings. The van der Waals surface area contributed by atoms with Gasteiger partial charge in [-0.25, -0.2) is 0 Å². The number of aliphatic hydroxyl groups excluding tert-OH is 1. The van der Waals surface area contributed by atoms with Gasteiger partial charge < -0.3 is 10.8 Å². The van der Waals surface area contributed by atoms with Crippen molar-refractivity contribution in [1.82, 2.24) is 0 Å². The van der Waals surface area contributed by atoms with Gasteiger partial charge in [0.2, 0.25) is 0 Å². The molecule has 1 heterocycles. The van der Waals surface area contributed by atoms with Crippen molar-refractivity contribution < 1.29 is 5.11 Å². The number of rotatable bonds is 4. The lowest BCUT2D eigenvalue weighted by molar-refractivity contribution is 0.0892. The molecule has 2 atom stereocenters. The average Bonchev–Trinajstić information content (AvgIpc) is 2.76. The summed E-state index contributed by atoms with van der Waals surface area (Å²) in [5.41, 5.74) is 7.20. The molecule has 0 radical (unpaired) electrons. The summed E-state index contributed by atoms with van der Waals surface area (Å²) in [5.74, 6) is 0.607. The largest absolute Gasteiger partial charge is 0.387 e. The smallest absolute Gasteiger partial charge is 0.0924 e. The van der Waals surface area contributed by atoms with Crippen molar-refractivity contribution in [2.75, 3.05) is 6.54 Å². The average molecular weight is 239 g/mol. The fourth-order valence-corrected chi connectivity index (χ4v) is 3.79. The maximum atomic E-state index is 10.3. The quantitative estimate of drug-likeness (QED) is 0.848. The topological polar surface area (TPSA) is 46.2 Å². The van der Waals surface area contributed by atoms with Crippen molar-refractivity contribution in [3.05, 3.63) is 21.4 Å². The summed E-state index contributed by atoms with van der Waals surface area (Å²) < 4.78 is 0. The number of nitrogens with two attached hydrogens (primary N) is 1. The van der Waals surface area contributed by atoms with Gasteiger partial charge in [-0.15, -0.1) is 11.3 Å². The fraction of sp³-hybridized carbons (Fsp3) is 0.692. The summed E-state index contributed by atoms with van der Waals surface area (Å²) in [4.78, 5) is 2.60. The van der Waals surface area contributed by atoms with Crippen molar-refractivity contribution in [2.24, 2.45) is 17.6 Å². The first-order chi connectivity index (χ1) is 7.63. The molecule has 1 aliphatic carbocycles. The van der Waals surface area contributed by atoms with Crippen molar-refractivity contribution in [3.8, 4) is 0 Å². The molecule has 0 spiro atoms. The van der Waals surface area contributed by atoms with Gasteiger partial charge in [0.25, 0.3) is 0 Å². The summed E-state index contributed by atoms with van der Waals surface area (Å²) in [6, 6.07) is 2.20. The summed E-state index contributed by atoms with van der Waals surface area (Å²) >= 11 is 1.79. The third kappa shape index (κ3) is 2.17. The highest BCUT2D eigenvalue weighted by molar-refractivity contribution is 7.12. The van der Waals surface area contributed by atoms with E-state index < -0.39 is 0 Å². The van der Waals surface area contributed by atoms with E-state index in [1.807, 2.05) is 0 Å². The second kappa shape index (κ2) is 4.86. The molecule has 3 N–H and O–H groups in total. The molecular formula is C13H21NOS. The van der Waals surface area contributed by atoms with E-state index in [1.165, 1.54) is 29.7 Å². The van der Waals surface area contributed by atoms with Crippen LogP contribution in [0.2, 0.25) is 0 Å². The van der Waals surface area contributed by atoms with Crippen LogP contribution >= 0.6 is 11.3 Å². The number of aliphatic hydroxyl groups is 1. The van der Waals surface area contributed by atoms with Gasteiger partial charge in [-0.3, -0.25) is 0 Å². The second-order valence-corrected chi connectivity index (χ2v) is 6.21. The highest BCUT2D eigenvalue weighted by atomic mass is 32.1. The Kier molecular flexibility index (Phi) is 3.67. The number of hydrogen-bond donors (Lipinski definition) is 2. The Bertz CT molecular complexity index is 337. The zero-order valence-corrected chi connectivity index (χ0v) is 10.9. The van der Waals surface area contributed by atoms with Gasteiger partial charge in [0.05, 0.1) is 6.10 Å². The minimum Gasteiger partial charge on any atom is -0.387 e. The number of hydrogen-bond acceptors (Lipinski definition) is 3. The van der Waals surface area contributed by atoms with Crippen LogP contribution in [0.3, 0.4) is 0 Å². The van der Waals surface area contributed by atoms with E-state index in [-0.39, 0.29) is 12.0 Å². The Morgan fingerprint density at radius 3 is 2.75 bits per heavy atom. The van der Waals surface area contributed by atoms with Gasteiger partial charge >= 0.3 is 0 Å². The molecule has 1 aromatic heterocycles.